The van der Waals surface area contributed by atoms with E-state index < -0.39 is 9.84 Å². The second-order valence-corrected chi connectivity index (χ2v) is 9.85. The van der Waals surface area contributed by atoms with E-state index in [1.54, 1.807) is 41.3 Å². The number of thiazole rings is 1. The molecule has 3 aromatic rings. The Kier molecular flexibility index (Phi) is 6.03. The van der Waals surface area contributed by atoms with Crippen molar-refractivity contribution in [3.63, 3.8) is 0 Å². The Labute approximate surface area is 165 Å². The van der Waals surface area contributed by atoms with Crippen LogP contribution in [0.2, 0.25) is 0 Å². The Morgan fingerprint density at radius 2 is 1.96 bits per heavy atom. The van der Waals surface area contributed by atoms with Gasteiger partial charge in [0, 0.05) is 12.1 Å². The van der Waals surface area contributed by atoms with E-state index in [0.717, 1.165) is 14.6 Å². The van der Waals surface area contributed by atoms with Gasteiger partial charge in [-0.25, -0.2) is 13.4 Å². The Bertz CT molecular complexity index is 1060. The van der Waals surface area contributed by atoms with Gasteiger partial charge in [-0.05, 0) is 48.7 Å². The number of rotatable bonds is 7. The fourth-order valence-corrected chi connectivity index (χ4v) is 5.19. The van der Waals surface area contributed by atoms with Crippen molar-refractivity contribution < 1.29 is 17.9 Å². The molecule has 0 saturated heterocycles. The van der Waals surface area contributed by atoms with E-state index >= 15 is 0 Å². The van der Waals surface area contributed by atoms with Crippen LogP contribution in [0.3, 0.4) is 0 Å². The number of amides is 1. The SMILES string of the molecule is COc1ccc(S(=O)(=O)CCC(=O)Nc2ccc3nc(SC)sc3c2)cc1. The van der Waals surface area contributed by atoms with Gasteiger partial charge in [-0.1, -0.05) is 11.8 Å². The first-order valence-corrected chi connectivity index (χ1v) is 11.7. The van der Waals surface area contributed by atoms with Gasteiger partial charge in [0.25, 0.3) is 0 Å². The molecule has 3 rings (SSSR count). The second kappa shape index (κ2) is 8.28. The molecule has 0 atom stereocenters. The number of methoxy groups -OCH3 is 1. The Morgan fingerprint density at radius 3 is 2.63 bits per heavy atom. The van der Waals surface area contributed by atoms with Gasteiger partial charge in [0.05, 0.1) is 28.0 Å². The topological polar surface area (TPSA) is 85.4 Å². The molecule has 0 aliphatic rings. The summed E-state index contributed by atoms with van der Waals surface area (Å²) in [5.74, 6) is -0.0271. The molecule has 0 fully saturated rings. The highest BCUT2D eigenvalue weighted by molar-refractivity contribution is 8.00. The number of hydrogen-bond acceptors (Lipinski definition) is 7. The third-order valence-electron chi connectivity index (χ3n) is 3.84. The largest absolute Gasteiger partial charge is 0.497 e. The van der Waals surface area contributed by atoms with Gasteiger partial charge in [-0.3, -0.25) is 4.79 Å². The Hall–Kier alpha value is -2.10. The fourth-order valence-electron chi connectivity index (χ4n) is 2.42. The summed E-state index contributed by atoms with van der Waals surface area (Å²) in [6.45, 7) is 0. The summed E-state index contributed by atoms with van der Waals surface area (Å²) in [6, 6.07) is 11.6. The fraction of sp³-hybridized carbons (Fsp3) is 0.222. The molecule has 0 unspecified atom stereocenters. The van der Waals surface area contributed by atoms with Gasteiger partial charge >= 0.3 is 0 Å². The number of carbonyl (C=O) groups excluding carboxylic acids is 1. The van der Waals surface area contributed by atoms with Crippen molar-refractivity contribution in [3.8, 4) is 5.75 Å². The number of hydrogen-bond donors (Lipinski definition) is 1. The van der Waals surface area contributed by atoms with E-state index in [4.69, 9.17) is 4.74 Å². The number of carbonyl (C=O) groups is 1. The number of sulfone groups is 1. The number of thioether (sulfide) groups is 1. The van der Waals surface area contributed by atoms with E-state index in [0.29, 0.717) is 11.4 Å². The normalized spacial score (nSPS) is 11.5. The van der Waals surface area contributed by atoms with Gasteiger partial charge in [0.1, 0.15) is 5.75 Å². The van der Waals surface area contributed by atoms with Crippen LogP contribution in [0.1, 0.15) is 6.42 Å². The molecule has 27 heavy (non-hydrogen) atoms. The molecule has 1 aromatic heterocycles. The molecule has 0 spiro atoms. The first-order chi connectivity index (χ1) is 12.9. The molecule has 6 nitrogen and oxygen atoms in total. The minimum atomic E-state index is -3.53. The van der Waals surface area contributed by atoms with Crippen molar-refractivity contribution in [2.24, 2.45) is 0 Å². The minimum Gasteiger partial charge on any atom is -0.497 e. The third-order valence-corrected chi connectivity index (χ3v) is 7.58. The lowest BCUT2D eigenvalue weighted by Crippen LogP contribution is -2.17. The van der Waals surface area contributed by atoms with E-state index in [-0.39, 0.29) is 23.0 Å². The van der Waals surface area contributed by atoms with E-state index in [1.165, 1.54) is 19.2 Å². The lowest BCUT2D eigenvalue weighted by molar-refractivity contribution is -0.115. The van der Waals surface area contributed by atoms with Crippen molar-refractivity contribution in [2.75, 3.05) is 24.4 Å². The third kappa shape index (κ3) is 4.79. The zero-order valence-corrected chi connectivity index (χ0v) is 17.2. The van der Waals surface area contributed by atoms with E-state index in [1.807, 2.05) is 18.4 Å². The van der Waals surface area contributed by atoms with Crippen LogP contribution in [0.25, 0.3) is 10.2 Å². The van der Waals surface area contributed by atoms with Crippen LogP contribution in [-0.2, 0) is 14.6 Å². The molecule has 0 bridgehead atoms. The summed E-state index contributed by atoms with van der Waals surface area (Å²) in [5, 5.41) is 2.75. The maximum atomic E-state index is 12.4. The summed E-state index contributed by atoms with van der Waals surface area (Å²) in [4.78, 5) is 16.8. The molecular formula is C18H18N2O4S3. The molecule has 0 radical (unpaired) electrons. The van der Waals surface area contributed by atoms with Crippen molar-refractivity contribution in [1.82, 2.24) is 4.98 Å². The standard InChI is InChI=1S/C18H18N2O4S3/c1-24-13-4-6-14(7-5-13)27(22,23)10-9-17(21)19-12-3-8-15-16(11-12)26-18(20-15)25-2/h3-8,11H,9-10H2,1-2H3,(H,19,21). The molecule has 0 aliphatic heterocycles. The molecule has 1 heterocycles. The summed E-state index contributed by atoms with van der Waals surface area (Å²) in [5.41, 5.74) is 1.51. The minimum absolute atomic E-state index is 0.120. The average Bonchev–Trinajstić information content (AvgIpc) is 3.09. The first kappa shape index (κ1) is 19.7. The van der Waals surface area contributed by atoms with E-state index in [9.17, 15) is 13.2 Å². The van der Waals surface area contributed by atoms with Gasteiger partial charge in [-0.2, -0.15) is 0 Å². The number of fused-ring (bicyclic) bond motifs is 1. The summed E-state index contributed by atoms with van der Waals surface area (Å²) in [7, 11) is -2.02. The Morgan fingerprint density at radius 1 is 1.22 bits per heavy atom. The van der Waals surface area contributed by atoms with Crippen LogP contribution in [0.5, 0.6) is 5.75 Å². The van der Waals surface area contributed by atoms with Crippen LogP contribution in [-0.4, -0.2) is 38.4 Å². The van der Waals surface area contributed by atoms with Crippen LogP contribution >= 0.6 is 23.1 Å². The quantitative estimate of drug-likeness (QED) is 0.583. The number of benzene rings is 2. The van der Waals surface area contributed by atoms with Crippen molar-refractivity contribution >= 4 is 54.7 Å². The summed E-state index contributed by atoms with van der Waals surface area (Å²) < 4.78 is 31.7. The number of anilines is 1. The van der Waals surface area contributed by atoms with Gasteiger partial charge in [-0.15, -0.1) is 11.3 Å². The molecule has 142 valence electrons. The highest BCUT2D eigenvalue weighted by Crippen LogP contribution is 2.30. The second-order valence-electron chi connectivity index (χ2n) is 5.66. The van der Waals surface area contributed by atoms with Gasteiger partial charge in [0.15, 0.2) is 14.2 Å². The molecule has 0 aliphatic carbocycles. The van der Waals surface area contributed by atoms with E-state index in [2.05, 4.69) is 10.3 Å². The van der Waals surface area contributed by atoms with Crippen molar-refractivity contribution in [2.45, 2.75) is 15.7 Å². The molecule has 1 amide bonds. The summed E-state index contributed by atoms with van der Waals surface area (Å²) in [6.07, 6.45) is 1.84. The van der Waals surface area contributed by atoms with Crippen molar-refractivity contribution in [3.05, 3.63) is 42.5 Å². The number of ether oxygens (including phenoxy) is 1. The number of aromatic nitrogens is 1. The molecular weight excluding hydrogens is 404 g/mol. The maximum Gasteiger partial charge on any atom is 0.225 e. The van der Waals surface area contributed by atoms with Gasteiger partial charge in [0.2, 0.25) is 5.91 Å². The summed E-state index contributed by atoms with van der Waals surface area (Å²) >= 11 is 3.12. The number of nitrogens with one attached hydrogen (secondary N) is 1. The predicted molar refractivity (Wildman–Crippen MR) is 110 cm³/mol. The monoisotopic (exact) mass is 422 g/mol. The van der Waals surface area contributed by atoms with Crippen LogP contribution in [0, 0.1) is 0 Å². The van der Waals surface area contributed by atoms with Crippen LogP contribution in [0.4, 0.5) is 5.69 Å². The zero-order chi connectivity index (χ0) is 19.4. The average molecular weight is 423 g/mol. The smallest absolute Gasteiger partial charge is 0.225 e. The highest BCUT2D eigenvalue weighted by Gasteiger charge is 2.17. The lowest BCUT2D eigenvalue weighted by Gasteiger charge is -2.07. The van der Waals surface area contributed by atoms with Crippen LogP contribution < -0.4 is 10.1 Å². The highest BCUT2D eigenvalue weighted by atomic mass is 32.2. The van der Waals surface area contributed by atoms with Crippen molar-refractivity contribution in [1.29, 1.82) is 0 Å². The lowest BCUT2D eigenvalue weighted by atomic mass is 10.3. The van der Waals surface area contributed by atoms with Gasteiger partial charge < -0.3 is 10.1 Å². The molecule has 0 saturated carbocycles. The molecule has 9 heteroatoms. The molecule has 1 N–H and O–H groups in total. The number of nitrogens with zero attached hydrogens (tertiary/aromatic N) is 1. The zero-order valence-electron chi connectivity index (χ0n) is 14.8. The maximum absolute atomic E-state index is 12.4. The molecule has 2 aromatic carbocycles. The predicted octanol–water partition coefficient (Wildman–Crippen LogP) is 3.83. The van der Waals surface area contributed by atoms with Crippen LogP contribution in [0.15, 0.2) is 51.7 Å². The Balaban J connectivity index is 1.63. The first-order valence-electron chi connectivity index (χ1n) is 8.02.